The topological polar surface area (TPSA) is 68.5 Å². The summed E-state index contributed by atoms with van der Waals surface area (Å²) in [5, 5.41) is 6.29. The van der Waals surface area contributed by atoms with Crippen molar-refractivity contribution in [2.24, 2.45) is 5.73 Å². The summed E-state index contributed by atoms with van der Waals surface area (Å²) in [6.07, 6.45) is 4.90. The van der Waals surface area contributed by atoms with Gasteiger partial charge in [-0.2, -0.15) is 0 Å². The summed E-state index contributed by atoms with van der Waals surface area (Å²) in [4.78, 5) is 0. The van der Waals surface area contributed by atoms with Gasteiger partial charge < -0.3 is 25.8 Å². The van der Waals surface area contributed by atoms with Gasteiger partial charge in [-0.25, -0.2) is 0 Å². The van der Waals surface area contributed by atoms with E-state index < -0.39 is 0 Å². The van der Waals surface area contributed by atoms with E-state index in [4.69, 9.17) is 15.2 Å². The average molecular weight is 291 g/mol. The number of anilines is 1. The third kappa shape index (κ3) is 5.75. The van der Waals surface area contributed by atoms with Gasteiger partial charge in [-0.15, -0.1) is 0 Å². The zero-order valence-electron chi connectivity index (χ0n) is 12.6. The number of rotatable bonds is 7. The predicted octanol–water partition coefficient (Wildman–Crippen LogP) is 2.16. The van der Waals surface area contributed by atoms with Gasteiger partial charge in [-0.1, -0.05) is 12.1 Å². The maximum absolute atomic E-state index is 5.92. The molecule has 0 aromatic heterocycles. The highest BCUT2D eigenvalue weighted by Gasteiger charge is 2.13. The van der Waals surface area contributed by atoms with Gasteiger partial charge in [0.15, 0.2) is 6.29 Å². The van der Waals surface area contributed by atoms with Crippen molar-refractivity contribution in [3.8, 4) is 0 Å². The lowest BCUT2D eigenvalue weighted by atomic mass is 10.2. The molecule has 0 aliphatic carbocycles. The minimum absolute atomic E-state index is 0.105. The van der Waals surface area contributed by atoms with Gasteiger partial charge in [0.2, 0.25) is 0 Å². The maximum atomic E-state index is 5.92. The second-order valence-electron chi connectivity index (χ2n) is 5.20. The van der Waals surface area contributed by atoms with E-state index in [0.717, 1.165) is 38.1 Å². The first kappa shape index (κ1) is 15.8. The molecule has 4 N–H and O–H groups in total. The van der Waals surface area contributed by atoms with Crippen molar-refractivity contribution >= 4 is 5.69 Å². The molecule has 2 rings (SSSR count). The molecule has 1 unspecified atom stereocenters. The summed E-state index contributed by atoms with van der Waals surface area (Å²) in [7, 11) is 1.94. The van der Waals surface area contributed by atoms with E-state index in [1.54, 1.807) is 6.20 Å². The van der Waals surface area contributed by atoms with Crippen molar-refractivity contribution in [3.05, 3.63) is 41.7 Å². The first-order valence-electron chi connectivity index (χ1n) is 7.46. The van der Waals surface area contributed by atoms with Gasteiger partial charge >= 0.3 is 0 Å². The largest absolute Gasteiger partial charge is 0.399 e. The van der Waals surface area contributed by atoms with Crippen LogP contribution >= 0.6 is 0 Å². The quantitative estimate of drug-likeness (QED) is 0.718. The fourth-order valence-electron chi connectivity index (χ4n) is 2.17. The Balaban J connectivity index is 1.74. The third-order valence-corrected chi connectivity index (χ3v) is 3.33. The molecule has 0 spiro atoms. The highest BCUT2D eigenvalue weighted by molar-refractivity contribution is 5.47. The Morgan fingerprint density at radius 3 is 2.86 bits per heavy atom. The number of nitrogens with two attached hydrogens (primary N) is 1. The van der Waals surface area contributed by atoms with E-state index in [1.165, 1.54) is 5.56 Å². The van der Waals surface area contributed by atoms with Crippen LogP contribution in [0.15, 0.2) is 36.2 Å². The van der Waals surface area contributed by atoms with Gasteiger partial charge in [0, 0.05) is 25.0 Å². The molecular formula is C16H25N3O2. The van der Waals surface area contributed by atoms with Crippen LogP contribution in [0.25, 0.3) is 0 Å². The number of hydrogen-bond donors (Lipinski definition) is 3. The molecule has 5 nitrogen and oxygen atoms in total. The number of nitrogens with one attached hydrogen (secondary N) is 2. The van der Waals surface area contributed by atoms with E-state index >= 15 is 0 Å². The first-order valence-corrected chi connectivity index (χ1v) is 7.46. The lowest BCUT2D eigenvalue weighted by molar-refractivity contribution is -0.157. The summed E-state index contributed by atoms with van der Waals surface area (Å²) in [5.74, 6) is 0. The SMILES string of the molecule is CNCc1ccc(N/C=C(\N)COC2CCCCO2)cc1. The Morgan fingerprint density at radius 2 is 2.19 bits per heavy atom. The maximum Gasteiger partial charge on any atom is 0.158 e. The Labute approximate surface area is 126 Å². The summed E-state index contributed by atoms with van der Waals surface area (Å²) < 4.78 is 11.1. The molecule has 5 heteroatoms. The normalized spacial score (nSPS) is 19.5. The second-order valence-corrected chi connectivity index (χ2v) is 5.20. The van der Waals surface area contributed by atoms with E-state index in [-0.39, 0.29) is 6.29 Å². The molecule has 21 heavy (non-hydrogen) atoms. The second kappa shape index (κ2) is 8.67. The Hall–Kier alpha value is -1.56. The molecule has 1 fully saturated rings. The van der Waals surface area contributed by atoms with Crippen LogP contribution in [0.2, 0.25) is 0 Å². The summed E-state index contributed by atoms with van der Waals surface area (Å²) >= 11 is 0. The monoisotopic (exact) mass is 291 g/mol. The lowest BCUT2D eigenvalue weighted by Gasteiger charge is -2.22. The van der Waals surface area contributed by atoms with E-state index in [1.807, 2.05) is 19.2 Å². The molecule has 1 aliphatic rings. The van der Waals surface area contributed by atoms with Crippen LogP contribution in [-0.2, 0) is 16.0 Å². The van der Waals surface area contributed by atoms with Crippen LogP contribution in [0.5, 0.6) is 0 Å². The van der Waals surface area contributed by atoms with Crippen LogP contribution in [0.4, 0.5) is 5.69 Å². The minimum Gasteiger partial charge on any atom is -0.399 e. The van der Waals surface area contributed by atoms with E-state index in [0.29, 0.717) is 12.3 Å². The molecule has 1 atom stereocenters. The summed E-state index contributed by atoms with van der Waals surface area (Å²) in [6, 6.07) is 8.22. The van der Waals surface area contributed by atoms with Gasteiger partial charge in [-0.05, 0) is 44.0 Å². The van der Waals surface area contributed by atoms with E-state index in [2.05, 4.69) is 22.8 Å². The van der Waals surface area contributed by atoms with E-state index in [9.17, 15) is 0 Å². The standard InChI is InChI=1S/C16H25N3O2/c1-18-10-13-5-7-15(8-6-13)19-11-14(17)12-21-16-4-2-3-9-20-16/h5-8,11,16,18-19H,2-4,9-10,12,17H2,1H3/b14-11-. The number of hydrogen-bond acceptors (Lipinski definition) is 5. The van der Waals surface area contributed by atoms with Crippen molar-refractivity contribution in [2.75, 3.05) is 25.6 Å². The van der Waals surface area contributed by atoms with Crippen molar-refractivity contribution in [1.29, 1.82) is 0 Å². The van der Waals surface area contributed by atoms with Gasteiger partial charge in [-0.3, -0.25) is 0 Å². The molecule has 0 saturated carbocycles. The number of ether oxygens (including phenoxy) is 2. The number of benzene rings is 1. The molecule has 1 aromatic rings. The van der Waals surface area contributed by atoms with Crippen LogP contribution in [0.1, 0.15) is 24.8 Å². The van der Waals surface area contributed by atoms with Crippen molar-refractivity contribution in [1.82, 2.24) is 5.32 Å². The van der Waals surface area contributed by atoms with Gasteiger partial charge in [0.05, 0.1) is 12.3 Å². The smallest absolute Gasteiger partial charge is 0.158 e. The Kier molecular flexibility index (Phi) is 6.53. The fraction of sp³-hybridized carbons (Fsp3) is 0.500. The average Bonchev–Trinajstić information content (AvgIpc) is 2.53. The molecule has 116 valence electrons. The Bertz CT molecular complexity index is 439. The molecule has 0 bridgehead atoms. The molecule has 1 saturated heterocycles. The molecular weight excluding hydrogens is 266 g/mol. The molecule has 0 radical (unpaired) electrons. The van der Waals surface area contributed by atoms with Crippen molar-refractivity contribution in [2.45, 2.75) is 32.1 Å². The van der Waals surface area contributed by atoms with Crippen LogP contribution in [-0.4, -0.2) is 26.6 Å². The highest BCUT2D eigenvalue weighted by Crippen LogP contribution is 2.14. The van der Waals surface area contributed by atoms with Gasteiger partial charge in [0.25, 0.3) is 0 Å². The highest BCUT2D eigenvalue weighted by atomic mass is 16.7. The predicted molar refractivity (Wildman–Crippen MR) is 84.6 cm³/mol. The molecule has 1 heterocycles. The van der Waals surface area contributed by atoms with Crippen LogP contribution in [0.3, 0.4) is 0 Å². The molecule has 1 aliphatic heterocycles. The summed E-state index contributed by atoms with van der Waals surface area (Å²) in [6.45, 7) is 2.04. The Morgan fingerprint density at radius 1 is 1.38 bits per heavy atom. The van der Waals surface area contributed by atoms with Gasteiger partial charge in [0.1, 0.15) is 0 Å². The lowest BCUT2D eigenvalue weighted by Crippen LogP contribution is -2.24. The van der Waals surface area contributed by atoms with Crippen LogP contribution < -0.4 is 16.4 Å². The van der Waals surface area contributed by atoms with Crippen molar-refractivity contribution < 1.29 is 9.47 Å². The zero-order valence-corrected chi connectivity index (χ0v) is 12.6. The van der Waals surface area contributed by atoms with Crippen LogP contribution in [0, 0.1) is 0 Å². The minimum atomic E-state index is -0.105. The molecule has 0 amide bonds. The third-order valence-electron chi connectivity index (χ3n) is 3.33. The zero-order chi connectivity index (χ0) is 14.9. The first-order chi connectivity index (χ1) is 10.3. The fourth-order valence-corrected chi connectivity index (χ4v) is 2.17. The van der Waals surface area contributed by atoms with Crippen molar-refractivity contribution in [3.63, 3.8) is 0 Å². The molecule has 1 aromatic carbocycles. The summed E-state index contributed by atoms with van der Waals surface area (Å²) in [5.41, 5.74) is 8.83.